The van der Waals surface area contributed by atoms with Gasteiger partial charge in [-0.3, -0.25) is 9.69 Å². The van der Waals surface area contributed by atoms with Gasteiger partial charge in [-0.15, -0.1) is 5.10 Å². The summed E-state index contributed by atoms with van der Waals surface area (Å²) in [4.78, 5) is 34.2. The van der Waals surface area contributed by atoms with Crippen LogP contribution in [0.15, 0.2) is 53.6 Å². The van der Waals surface area contributed by atoms with E-state index in [1.54, 1.807) is 24.4 Å². The third-order valence-corrected chi connectivity index (χ3v) is 5.31. The number of aromatic nitrogens is 4. The molecule has 3 heterocycles. The number of carboxylic acid groups (broad SMARTS) is 2. The predicted molar refractivity (Wildman–Crippen MR) is 123 cm³/mol. The standard InChI is InChI=1S/C19H20FN5O.2C2HF3O2/c20-16-3-1-15(2-4-16)18-13-25(23-22-18)17-6-9-24(10-7-17)12-14-5-8-21-19(26)11-14;2*3-2(4,5)1(6)7/h1-5,8,11,13,17H,6-7,9-10,12H2,(H,21,26);2*(H,6,7). The average Bonchev–Trinajstić information content (AvgIpc) is 3.35. The number of alkyl halides is 6. The molecule has 0 unspecified atom stereocenters. The first-order valence-electron chi connectivity index (χ1n) is 11.2. The number of nitrogens with one attached hydrogen (secondary N) is 1. The van der Waals surface area contributed by atoms with E-state index >= 15 is 0 Å². The van der Waals surface area contributed by atoms with Gasteiger partial charge in [0.15, 0.2) is 0 Å². The molecule has 0 radical (unpaired) electrons. The molecule has 0 saturated carbocycles. The summed E-state index contributed by atoms with van der Waals surface area (Å²) in [7, 11) is 0. The molecule has 0 amide bonds. The van der Waals surface area contributed by atoms with Gasteiger partial charge in [-0.25, -0.2) is 18.7 Å². The van der Waals surface area contributed by atoms with Gasteiger partial charge in [0.05, 0.1) is 12.2 Å². The Bertz CT molecular complexity index is 1290. The average molecular weight is 581 g/mol. The maximum atomic E-state index is 13.0. The molecular formula is C23H22F7N5O5. The van der Waals surface area contributed by atoms with Crippen molar-refractivity contribution in [1.82, 2.24) is 24.9 Å². The van der Waals surface area contributed by atoms with Gasteiger partial charge in [-0.05, 0) is 48.7 Å². The Hall–Kier alpha value is -4.28. The molecule has 218 valence electrons. The largest absolute Gasteiger partial charge is 0.490 e. The molecule has 1 aliphatic rings. The van der Waals surface area contributed by atoms with E-state index in [0.717, 1.165) is 49.3 Å². The molecule has 0 atom stereocenters. The SMILES string of the molecule is O=C(O)C(F)(F)F.O=C(O)C(F)(F)F.O=c1cc(CN2CCC(n3cc(-c4ccc(F)cc4)nn3)CC2)cc[nH]1. The minimum atomic E-state index is -5.08. The molecule has 40 heavy (non-hydrogen) atoms. The number of nitrogens with zero attached hydrogens (tertiary/aromatic N) is 4. The first kappa shape index (κ1) is 31.9. The minimum absolute atomic E-state index is 0.0617. The van der Waals surface area contributed by atoms with Crippen molar-refractivity contribution in [3.05, 3.63) is 70.5 Å². The maximum absolute atomic E-state index is 13.0. The van der Waals surface area contributed by atoms with Crippen LogP contribution >= 0.6 is 0 Å². The van der Waals surface area contributed by atoms with E-state index in [9.17, 15) is 35.5 Å². The molecule has 1 aromatic carbocycles. The zero-order valence-corrected chi connectivity index (χ0v) is 20.3. The Morgan fingerprint density at radius 3 is 1.95 bits per heavy atom. The molecule has 1 saturated heterocycles. The van der Waals surface area contributed by atoms with Crippen LogP contribution in [-0.2, 0) is 16.1 Å². The van der Waals surface area contributed by atoms with E-state index < -0.39 is 24.3 Å². The summed E-state index contributed by atoms with van der Waals surface area (Å²) in [6, 6.07) is 10.2. The van der Waals surface area contributed by atoms with Crippen molar-refractivity contribution in [1.29, 1.82) is 0 Å². The van der Waals surface area contributed by atoms with Gasteiger partial charge in [0.1, 0.15) is 11.5 Å². The number of pyridine rings is 1. The van der Waals surface area contributed by atoms with E-state index in [-0.39, 0.29) is 11.4 Å². The highest BCUT2D eigenvalue weighted by Crippen LogP contribution is 2.25. The lowest BCUT2D eigenvalue weighted by molar-refractivity contribution is -0.193. The van der Waals surface area contributed by atoms with Crippen LogP contribution in [0, 0.1) is 5.82 Å². The topological polar surface area (TPSA) is 141 Å². The summed E-state index contributed by atoms with van der Waals surface area (Å²) in [5, 5.41) is 22.7. The third-order valence-electron chi connectivity index (χ3n) is 5.31. The van der Waals surface area contributed by atoms with E-state index in [0.29, 0.717) is 6.04 Å². The Balaban J connectivity index is 0.000000333. The van der Waals surface area contributed by atoms with E-state index in [1.807, 2.05) is 16.9 Å². The van der Waals surface area contributed by atoms with E-state index in [1.165, 1.54) is 12.1 Å². The lowest BCUT2D eigenvalue weighted by atomic mass is 10.0. The molecule has 3 N–H and O–H groups in total. The number of hydrogen-bond donors (Lipinski definition) is 3. The summed E-state index contributed by atoms with van der Waals surface area (Å²) >= 11 is 0. The number of hydrogen-bond acceptors (Lipinski definition) is 6. The Labute approximate surface area is 220 Å². The number of halogens is 7. The van der Waals surface area contributed by atoms with Crippen molar-refractivity contribution in [2.75, 3.05) is 13.1 Å². The smallest absolute Gasteiger partial charge is 0.475 e. The number of benzene rings is 1. The van der Waals surface area contributed by atoms with Gasteiger partial charge in [0.25, 0.3) is 0 Å². The number of aromatic amines is 1. The first-order chi connectivity index (χ1) is 18.6. The van der Waals surface area contributed by atoms with Gasteiger partial charge in [-0.2, -0.15) is 26.3 Å². The highest BCUT2D eigenvalue weighted by Gasteiger charge is 2.38. The number of piperidine rings is 1. The highest BCUT2D eigenvalue weighted by molar-refractivity contribution is 5.73. The Kier molecular flexibility index (Phi) is 10.9. The van der Waals surface area contributed by atoms with E-state index in [2.05, 4.69) is 20.2 Å². The number of carbonyl (C=O) groups is 2. The zero-order valence-electron chi connectivity index (χ0n) is 20.3. The highest BCUT2D eigenvalue weighted by atomic mass is 19.4. The van der Waals surface area contributed by atoms with Crippen LogP contribution in [0.3, 0.4) is 0 Å². The monoisotopic (exact) mass is 581 g/mol. The maximum Gasteiger partial charge on any atom is 0.490 e. The quantitative estimate of drug-likeness (QED) is 0.395. The van der Waals surface area contributed by atoms with Gasteiger partial charge < -0.3 is 15.2 Å². The van der Waals surface area contributed by atoms with Crippen LogP contribution in [0.2, 0.25) is 0 Å². The van der Waals surface area contributed by atoms with Crippen molar-refractivity contribution in [2.45, 2.75) is 37.8 Å². The van der Waals surface area contributed by atoms with Crippen molar-refractivity contribution in [2.24, 2.45) is 0 Å². The van der Waals surface area contributed by atoms with Crippen molar-refractivity contribution < 1.29 is 50.5 Å². The summed E-state index contributed by atoms with van der Waals surface area (Å²) in [6.07, 6.45) is -4.58. The fourth-order valence-electron chi connectivity index (χ4n) is 3.40. The first-order valence-corrected chi connectivity index (χ1v) is 11.2. The molecule has 0 aliphatic carbocycles. The van der Waals surface area contributed by atoms with Crippen molar-refractivity contribution in [3.63, 3.8) is 0 Å². The normalized spacial score (nSPS) is 14.4. The Morgan fingerprint density at radius 2 is 1.48 bits per heavy atom. The van der Waals surface area contributed by atoms with Crippen LogP contribution in [0.4, 0.5) is 30.7 Å². The molecule has 4 rings (SSSR count). The van der Waals surface area contributed by atoms with Gasteiger partial charge >= 0.3 is 24.3 Å². The van der Waals surface area contributed by atoms with Crippen LogP contribution in [0.5, 0.6) is 0 Å². The van der Waals surface area contributed by atoms with Gasteiger partial charge in [0.2, 0.25) is 5.56 Å². The number of likely N-dealkylation sites (tertiary alicyclic amines) is 1. The number of rotatable bonds is 4. The summed E-state index contributed by atoms with van der Waals surface area (Å²) in [6.45, 7) is 2.68. The van der Waals surface area contributed by atoms with Crippen molar-refractivity contribution in [3.8, 4) is 11.3 Å². The number of H-pyrrole nitrogens is 1. The molecule has 1 fully saturated rings. The predicted octanol–water partition coefficient (Wildman–Crippen LogP) is 3.88. The molecule has 0 spiro atoms. The third kappa shape index (κ3) is 10.5. The summed E-state index contributed by atoms with van der Waals surface area (Å²) in [5.41, 5.74) is 2.60. The summed E-state index contributed by atoms with van der Waals surface area (Å²) < 4.78 is 78.4. The number of aliphatic carboxylic acids is 2. The molecule has 10 nitrogen and oxygen atoms in total. The van der Waals surface area contributed by atoms with E-state index in [4.69, 9.17) is 19.8 Å². The second-order valence-corrected chi connectivity index (χ2v) is 8.27. The molecule has 3 aromatic rings. The van der Waals surface area contributed by atoms with Crippen LogP contribution in [0.25, 0.3) is 11.3 Å². The molecule has 1 aliphatic heterocycles. The second kappa shape index (κ2) is 13.7. The fraction of sp³-hybridized carbons (Fsp3) is 0.348. The fourth-order valence-corrected chi connectivity index (χ4v) is 3.40. The molecule has 2 aromatic heterocycles. The van der Waals surface area contributed by atoms with Crippen LogP contribution in [-0.4, -0.2) is 72.5 Å². The lowest BCUT2D eigenvalue weighted by Crippen LogP contribution is -2.34. The Morgan fingerprint density at radius 1 is 0.950 bits per heavy atom. The summed E-state index contributed by atoms with van der Waals surface area (Å²) in [5.74, 6) is -5.77. The molecular weight excluding hydrogens is 559 g/mol. The zero-order chi connectivity index (χ0) is 30.1. The van der Waals surface area contributed by atoms with Gasteiger partial charge in [0, 0.05) is 37.5 Å². The number of carboxylic acids is 2. The molecule has 0 bridgehead atoms. The lowest BCUT2D eigenvalue weighted by Gasteiger charge is -2.31. The minimum Gasteiger partial charge on any atom is -0.475 e. The van der Waals surface area contributed by atoms with Crippen molar-refractivity contribution >= 4 is 11.9 Å². The molecule has 17 heteroatoms. The van der Waals surface area contributed by atoms with Gasteiger partial charge in [-0.1, -0.05) is 5.21 Å². The second-order valence-electron chi connectivity index (χ2n) is 8.27. The van der Waals surface area contributed by atoms with Crippen LogP contribution < -0.4 is 5.56 Å². The van der Waals surface area contributed by atoms with Crippen LogP contribution in [0.1, 0.15) is 24.4 Å².